The average Bonchev–Trinajstić information content (AvgIpc) is 3.29. The first-order valence-corrected chi connectivity index (χ1v) is 9.58. The van der Waals surface area contributed by atoms with Crippen LogP contribution in [0.1, 0.15) is 19.3 Å². The van der Waals surface area contributed by atoms with Gasteiger partial charge in [-0.1, -0.05) is 6.42 Å². The Balaban J connectivity index is 0.00000121. The summed E-state index contributed by atoms with van der Waals surface area (Å²) in [5.41, 5.74) is 6.84. The first kappa shape index (κ1) is 21.2. The minimum Gasteiger partial charge on any atom is -0.352 e. The summed E-state index contributed by atoms with van der Waals surface area (Å²) in [4.78, 5) is 25.9. The van der Waals surface area contributed by atoms with E-state index >= 15 is 0 Å². The number of carbonyl (C=O) groups excluding carboxylic acids is 1. The van der Waals surface area contributed by atoms with E-state index in [1.165, 1.54) is 0 Å². The van der Waals surface area contributed by atoms with Gasteiger partial charge in [-0.15, -0.1) is 36.2 Å². The van der Waals surface area contributed by atoms with E-state index in [2.05, 4.69) is 20.2 Å². The number of carbonyl (C=O) groups is 1. The Labute approximate surface area is 170 Å². The van der Waals surface area contributed by atoms with E-state index in [4.69, 9.17) is 5.73 Å². The van der Waals surface area contributed by atoms with Crippen molar-refractivity contribution in [2.45, 2.75) is 19.3 Å². The molecule has 2 aromatic rings. The van der Waals surface area contributed by atoms with Crippen LogP contribution in [0.4, 0.5) is 5.82 Å². The Bertz CT molecular complexity index is 735. The number of hydrogen-bond acceptors (Lipinski definition) is 6. The van der Waals surface area contributed by atoms with Crippen molar-refractivity contribution < 1.29 is 4.79 Å². The lowest BCUT2D eigenvalue weighted by molar-refractivity contribution is -0.136. The lowest BCUT2D eigenvalue weighted by Gasteiger charge is -2.37. The van der Waals surface area contributed by atoms with Gasteiger partial charge in [-0.3, -0.25) is 4.79 Å². The molecule has 0 bridgehead atoms. The Morgan fingerprint density at radius 2 is 1.96 bits per heavy atom. The third-order valence-corrected chi connectivity index (χ3v) is 6.29. The van der Waals surface area contributed by atoms with Crippen molar-refractivity contribution in [3.8, 4) is 0 Å². The van der Waals surface area contributed by atoms with Gasteiger partial charge in [0.25, 0.3) is 0 Å². The first-order chi connectivity index (χ1) is 11.8. The molecule has 0 spiro atoms. The van der Waals surface area contributed by atoms with Crippen molar-refractivity contribution in [1.29, 1.82) is 0 Å². The highest BCUT2D eigenvalue weighted by atomic mass is 35.5. The van der Waals surface area contributed by atoms with Gasteiger partial charge in [-0.2, -0.15) is 0 Å². The van der Waals surface area contributed by atoms with Gasteiger partial charge in [0.2, 0.25) is 5.91 Å². The summed E-state index contributed by atoms with van der Waals surface area (Å²) < 4.78 is 1.14. The number of halogens is 2. The Kier molecular flexibility index (Phi) is 7.46. The second kappa shape index (κ2) is 9.17. The van der Waals surface area contributed by atoms with Gasteiger partial charge in [-0.25, -0.2) is 9.97 Å². The third-order valence-electron chi connectivity index (χ3n) is 5.39. The predicted molar refractivity (Wildman–Crippen MR) is 111 cm³/mol. The molecule has 2 aliphatic rings. The third kappa shape index (κ3) is 3.91. The number of anilines is 1. The van der Waals surface area contributed by atoms with Gasteiger partial charge < -0.3 is 15.5 Å². The average molecular weight is 418 g/mol. The number of thiophene rings is 1. The standard InChI is InChI=1S/C17H23N5OS.2ClH/c18-10-12-2-1-3-13(12)17(23)22-7-5-21(6-8-22)16-15-14(4-9-24-15)19-11-20-16;;/h4,9,11-13H,1-3,5-8,10,18H2;2*1H/t12-,13-;;/m1../s1. The zero-order chi connectivity index (χ0) is 16.5. The summed E-state index contributed by atoms with van der Waals surface area (Å²) in [5, 5.41) is 2.05. The van der Waals surface area contributed by atoms with E-state index in [1.807, 2.05) is 11.0 Å². The summed E-state index contributed by atoms with van der Waals surface area (Å²) in [5.74, 6) is 1.84. The summed E-state index contributed by atoms with van der Waals surface area (Å²) >= 11 is 1.68. The number of fused-ring (bicyclic) bond motifs is 1. The number of piperazine rings is 1. The number of rotatable bonds is 3. The topological polar surface area (TPSA) is 75.4 Å². The molecule has 0 aromatic carbocycles. The van der Waals surface area contributed by atoms with E-state index < -0.39 is 0 Å². The summed E-state index contributed by atoms with van der Waals surface area (Å²) in [6, 6.07) is 2.03. The summed E-state index contributed by atoms with van der Waals surface area (Å²) in [6.45, 7) is 3.83. The summed E-state index contributed by atoms with van der Waals surface area (Å²) in [7, 11) is 0. The van der Waals surface area contributed by atoms with Crippen LogP contribution in [0.5, 0.6) is 0 Å². The van der Waals surface area contributed by atoms with Crippen LogP contribution in [0.2, 0.25) is 0 Å². The molecule has 3 heterocycles. The highest BCUT2D eigenvalue weighted by Crippen LogP contribution is 2.33. The zero-order valence-electron chi connectivity index (χ0n) is 14.5. The summed E-state index contributed by atoms with van der Waals surface area (Å²) in [6.07, 6.45) is 4.87. The smallest absolute Gasteiger partial charge is 0.226 e. The van der Waals surface area contributed by atoms with Crippen LogP contribution in [0.15, 0.2) is 17.8 Å². The molecule has 0 radical (unpaired) electrons. The molecule has 0 unspecified atom stereocenters. The zero-order valence-corrected chi connectivity index (χ0v) is 17.0. The maximum Gasteiger partial charge on any atom is 0.226 e. The molecule has 26 heavy (non-hydrogen) atoms. The molecule has 9 heteroatoms. The van der Waals surface area contributed by atoms with Crippen LogP contribution in [-0.2, 0) is 4.79 Å². The van der Waals surface area contributed by atoms with Gasteiger partial charge in [0.05, 0.1) is 10.2 Å². The van der Waals surface area contributed by atoms with E-state index in [0.717, 1.165) is 61.5 Å². The van der Waals surface area contributed by atoms with Gasteiger partial charge in [-0.05, 0) is 36.8 Å². The quantitative estimate of drug-likeness (QED) is 0.829. The fourth-order valence-corrected chi connectivity index (χ4v) is 4.88. The normalized spacial score (nSPS) is 22.8. The molecule has 2 atom stereocenters. The Hall–Kier alpha value is -1.15. The highest BCUT2D eigenvalue weighted by molar-refractivity contribution is 7.17. The van der Waals surface area contributed by atoms with Crippen LogP contribution in [0.25, 0.3) is 10.2 Å². The number of amides is 1. The molecule has 144 valence electrons. The van der Waals surface area contributed by atoms with Crippen LogP contribution >= 0.6 is 36.2 Å². The molecule has 1 aliphatic carbocycles. The first-order valence-electron chi connectivity index (χ1n) is 8.70. The van der Waals surface area contributed by atoms with Gasteiger partial charge >= 0.3 is 0 Å². The van der Waals surface area contributed by atoms with Gasteiger partial charge in [0.15, 0.2) is 0 Å². The lowest BCUT2D eigenvalue weighted by atomic mass is 9.94. The van der Waals surface area contributed by atoms with Crippen molar-refractivity contribution in [3.05, 3.63) is 17.8 Å². The molecule has 2 aromatic heterocycles. The molecule has 1 saturated heterocycles. The number of hydrogen-bond donors (Lipinski definition) is 1. The van der Waals surface area contributed by atoms with Crippen molar-refractivity contribution in [1.82, 2.24) is 14.9 Å². The molecule has 1 aliphatic heterocycles. The second-order valence-electron chi connectivity index (χ2n) is 6.68. The van der Waals surface area contributed by atoms with Crippen LogP contribution < -0.4 is 10.6 Å². The van der Waals surface area contributed by atoms with E-state index in [0.29, 0.717) is 18.4 Å². The van der Waals surface area contributed by atoms with E-state index in [-0.39, 0.29) is 30.7 Å². The van der Waals surface area contributed by atoms with Crippen molar-refractivity contribution in [2.75, 3.05) is 37.6 Å². The fourth-order valence-electron chi connectivity index (χ4n) is 4.02. The monoisotopic (exact) mass is 417 g/mol. The molecule has 1 saturated carbocycles. The number of nitrogens with two attached hydrogens (primary N) is 1. The Morgan fingerprint density at radius 3 is 2.69 bits per heavy atom. The van der Waals surface area contributed by atoms with Crippen molar-refractivity contribution in [2.24, 2.45) is 17.6 Å². The molecule has 2 N–H and O–H groups in total. The van der Waals surface area contributed by atoms with Crippen LogP contribution in [-0.4, -0.2) is 53.5 Å². The number of aromatic nitrogens is 2. The van der Waals surface area contributed by atoms with Gasteiger partial charge in [0.1, 0.15) is 12.1 Å². The second-order valence-corrected chi connectivity index (χ2v) is 7.59. The van der Waals surface area contributed by atoms with Crippen molar-refractivity contribution >= 4 is 58.1 Å². The van der Waals surface area contributed by atoms with E-state index in [1.54, 1.807) is 17.7 Å². The largest absolute Gasteiger partial charge is 0.352 e. The maximum absolute atomic E-state index is 12.8. The van der Waals surface area contributed by atoms with Gasteiger partial charge in [0, 0.05) is 32.1 Å². The minimum absolute atomic E-state index is 0. The fraction of sp³-hybridized carbons (Fsp3) is 0.588. The number of nitrogens with zero attached hydrogens (tertiary/aromatic N) is 4. The molecule has 2 fully saturated rings. The Morgan fingerprint density at radius 1 is 1.19 bits per heavy atom. The van der Waals surface area contributed by atoms with Crippen LogP contribution in [0.3, 0.4) is 0 Å². The molecular weight excluding hydrogens is 393 g/mol. The highest BCUT2D eigenvalue weighted by Gasteiger charge is 2.35. The molecule has 6 nitrogen and oxygen atoms in total. The molecule has 4 rings (SSSR count). The SMILES string of the molecule is Cl.Cl.NC[C@H]1CCC[C@H]1C(=O)N1CCN(c2ncnc3ccsc23)CC1. The van der Waals surface area contributed by atoms with Crippen molar-refractivity contribution in [3.63, 3.8) is 0 Å². The maximum atomic E-state index is 12.8. The van der Waals surface area contributed by atoms with E-state index in [9.17, 15) is 4.79 Å². The predicted octanol–water partition coefficient (Wildman–Crippen LogP) is 2.56. The van der Waals surface area contributed by atoms with Crippen LogP contribution in [0, 0.1) is 11.8 Å². The lowest BCUT2D eigenvalue weighted by Crippen LogP contribution is -2.51. The molecule has 1 amide bonds. The molecular formula is C17H25Cl2N5OS. The minimum atomic E-state index is 0.